The third-order valence-corrected chi connectivity index (χ3v) is 9.08. The van der Waals surface area contributed by atoms with Crippen molar-refractivity contribution < 1.29 is 9.59 Å². The van der Waals surface area contributed by atoms with Crippen LogP contribution in [0.25, 0.3) is 5.69 Å². The van der Waals surface area contributed by atoms with Crippen molar-refractivity contribution in [3.63, 3.8) is 0 Å². The molecule has 2 N–H and O–H groups in total. The predicted molar refractivity (Wildman–Crippen MR) is 170 cm³/mol. The molecule has 3 aromatic rings. The summed E-state index contributed by atoms with van der Waals surface area (Å²) in [5, 5.41) is 10.9. The van der Waals surface area contributed by atoms with Gasteiger partial charge in [-0.1, -0.05) is 76.8 Å². The first-order chi connectivity index (χ1) is 20.0. The molecule has 2 fully saturated rings. The summed E-state index contributed by atoms with van der Waals surface area (Å²) in [4.78, 5) is 28.5. The number of aromatic nitrogens is 2. The maximum atomic E-state index is 13.3. The Morgan fingerprint density at radius 3 is 2.31 bits per heavy atom. The molecule has 1 saturated carbocycles. The Kier molecular flexibility index (Phi) is 8.76. The van der Waals surface area contributed by atoms with Crippen molar-refractivity contribution in [1.29, 1.82) is 0 Å². The molecule has 0 atom stereocenters. The number of nitrogens with one attached hydrogen (secondary N) is 2. The number of carbonyl (C=O) groups excluding carboxylic acids is 2. The van der Waals surface area contributed by atoms with E-state index in [0.717, 1.165) is 62.3 Å². The van der Waals surface area contributed by atoms with Crippen LogP contribution in [0.4, 0.5) is 16.3 Å². The van der Waals surface area contributed by atoms with E-state index in [1.54, 1.807) is 4.68 Å². The number of amides is 3. The standard InChI is InChI=1S/C35H47N5O2/c1-25-12-14-29(15-13-25)40-31(24-30(38-40)34(2,3)4)37-33(42)36-28-11-9-10-27(23-28)22-26-16-20-39(21-17-26)32(41)35(5)18-7-6-8-19-35/h9-15,23-24,26H,6-8,16-22H2,1-5H3,(H2,36,37,42). The highest BCUT2D eigenvalue weighted by atomic mass is 16.2. The van der Waals surface area contributed by atoms with Crippen molar-refractivity contribution in [2.75, 3.05) is 23.7 Å². The number of likely N-dealkylation sites (tertiary alicyclic amines) is 1. The van der Waals surface area contributed by atoms with Gasteiger partial charge >= 0.3 is 6.03 Å². The highest BCUT2D eigenvalue weighted by molar-refractivity contribution is 5.99. The number of piperidine rings is 1. The number of benzene rings is 2. The van der Waals surface area contributed by atoms with Crippen LogP contribution in [-0.2, 0) is 16.6 Å². The molecule has 7 nitrogen and oxygen atoms in total. The minimum Gasteiger partial charge on any atom is -0.342 e. The van der Waals surface area contributed by atoms with Crippen molar-refractivity contribution in [1.82, 2.24) is 14.7 Å². The van der Waals surface area contributed by atoms with Gasteiger partial charge in [-0.3, -0.25) is 10.1 Å². The van der Waals surface area contributed by atoms with E-state index < -0.39 is 0 Å². The van der Waals surface area contributed by atoms with Gasteiger partial charge in [0.05, 0.1) is 11.4 Å². The fraction of sp³-hybridized carbons (Fsp3) is 0.514. The van der Waals surface area contributed by atoms with E-state index in [4.69, 9.17) is 5.10 Å². The SMILES string of the molecule is Cc1ccc(-n2nc(C(C)(C)C)cc2NC(=O)Nc2cccc(CC3CCN(C(=O)C4(C)CCCCC4)CC3)c2)cc1. The third-order valence-electron chi connectivity index (χ3n) is 9.08. The van der Waals surface area contributed by atoms with Gasteiger partial charge in [0, 0.05) is 35.7 Å². The van der Waals surface area contributed by atoms with Gasteiger partial charge in [0.25, 0.3) is 0 Å². The number of hydrogen-bond donors (Lipinski definition) is 2. The fourth-order valence-corrected chi connectivity index (χ4v) is 6.38. The molecular weight excluding hydrogens is 522 g/mol. The Labute approximate surface area is 251 Å². The average Bonchev–Trinajstić information content (AvgIpc) is 3.38. The molecule has 1 aromatic heterocycles. The molecule has 0 radical (unpaired) electrons. The van der Waals surface area contributed by atoms with Crippen molar-refractivity contribution in [2.24, 2.45) is 11.3 Å². The van der Waals surface area contributed by atoms with E-state index >= 15 is 0 Å². The molecule has 7 heteroatoms. The fourth-order valence-electron chi connectivity index (χ4n) is 6.38. The second-order valence-corrected chi connectivity index (χ2v) is 13.8. The molecule has 5 rings (SSSR count). The molecule has 3 amide bonds. The van der Waals surface area contributed by atoms with Crippen LogP contribution in [0.5, 0.6) is 0 Å². The molecule has 1 aliphatic carbocycles. The third kappa shape index (κ3) is 7.05. The van der Waals surface area contributed by atoms with E-state index in [1.807, 2.05) is 42.5 Å². The molecule has 42 heavy (non-hydrogen) atoms. The van der Waals surface area contributed by atoms with Crippen molar-refractivity contribution in [3.05, 3.63) is 71.4 Å². The number of rotatable bonds is 6. The van der Waals surface area contributed by atoms with Gasteiger partial charge in [0.15, 0.2) is 0 Å². The molecule has 1 aliphatic heterocycles. The summed E-state index contributed by atoms with van der Waals surface area (Å²) in [5.74, 6) is 1.54. The quantitative estimate of drug-likeness (QED) is 0.317. The predicted octanol–water partition coefficient (Wildman–Crippen LogP) is 7.87. The average molecular weight is 570 g/mol. The summed E-state index contributed by atoms with van der Waals surface area (Å²) in [7, 11) is 0. The number of anilines is 2. The largest absolute Gasteiger partial charge is 0.342 e. The smallest absolute Gasteiger partial charge is 0.324 e. The van der Waals surface area contributed by atoms with Gasteiger partial charge in [-0.05, 0) is 74.8 Å². The number of nitrogens with zero attached hydrogens (tertiary/aromatic N) is 3. The summed E-state index contributed by atoms with van der Waals surface area (Å²) in [6.45, 7) is 12.3. The number of aryl methyl sites for hydroxylation is 1. The van der Waals surface area contributed by atoms with Gasteiger partial charge in [0.2, 0.25) is 5.91 Å². The zero-order chi connectivity index (χ0) is 29.9. The second kappa shape index (κ2) is 12.3. The van der Waals surface area contributed by atoms with Crippen molar-refractivity contribution >= 4 is 23.4 Å². The zero-order valence-electron chi connectivity index (χ0n) is 26.0. The molecular formula is C35H47N5O2. The first kappa shape index (κ1) is 29.9. The highest BCUT2D eigenvalue weighted by Gasteiger charge is 2.38. The Morgan fingerprint density at radius 2 is 1.64 bits per heavy atom. The molecule has 224 valence electrons. The lowest BCUT2D eigenvalue weighted by atomic mass is 9.74. The zero-order valence-corrected chi connectivity index (χ0v) is 26.0. The van der Waals surface area contributed by atoms with Gasteiger partial charge in [-0.15, -0.1) is 0 Å². The van der Waals surface area contributed by atoms with Crippen LogP contribution >= 0.6 is 0 Å². The number of carbonyl (C=O) groups is 2. The van der Waals surface area contributed by atoms with Crippen LogP contribution in [0, 0.1) is 18.3 Å². The van der Waals surface area contributed by atoms with E-state index in [0.29, 0.717) is 17.6 Å². The van der Waals surface area contributed by atoms with Crippen LogP contribution in [0.2, 0.25) is 0 Å². The van der Waals surface area contributed by atoms with Crippen LogP contribution in [0.3, 0.4) is 0 Å². The molecule has 0 spiro atoms. The first-order valence-electron chi connectivity index (χ1n) is 15.6. The van der Waals surface area contributed by atoms with Crippen LogP contribution in [-0.4, -0.2) is 39.7 Å². The van der Waals surface area contributed by atoms with Crippen molar-refractivity contribution in [2.45, 2.75) is 91.4 Å². The summed E-state index contributed by atoms with van der Waals surface area (Å²) in [6, 6.07) is 17.9. The summed E-state index contributed by atoms with van der Waals surface area (Å²) >= 11 is 0. The Morgan fingerprint density at radius 1 is 0.952 bits per heavy atom. The highest BCUT2D eigenvalue weighted by Crippen LogP contribution is 2.38. The molecule has 0 unspecified atom stereocenters. The molecule has 0 bridgehead atoms. The monoisotopic (exact) mass is 569 g/mol. The van der Waals surface area contributed by atoms with Gasteiger partial charge in [-0.2, -0.15) is 5.10 Å². The Balaban J connectivity index is 1.19. The van der Waals surface area contributed by atoms with Crippen LogP contribution in [0.15, 0.2) is 54.6 Å². The maximum absolute atomic E-state index is 13.3. The lowest BCUT2D eigenvalue weighted by molar-refractivity contribution is -0.144. The number of hydrogen-bond acceptors (Lipinski definition) is 3. The summed E-state index contributed by atoms with van der Waals surface area (Å²) in [6.07, 6.45) is 8.68. The van der Waals surface area contributed by atoms with E-state index in [9.17, 15) is 9.59 Å². The maximum Gasteiger partial charge on any atom is 0.324 e. The summed E-state index contributed by atoms with van der Waals surface area (Å²) < 4.78 is 1.79. The molecule has 2 aromatic carbocycles. The van der Waals surface area contributed by atoms with Crippen LogP contribution < -0.4 is 10.6 Å². The van der Waals surface area contributed by atoms with E-state index in [-0.39, 0.29) is 16.9 Å². The van der Waals surface area contributed by atoms with Gasteiger partial charge in [-0.25, -0.2) is 9.48 Å². The van der Waals surface area contributed by atoms with Crippen molar-refractivity contribution in [3.8, 4) is 5.69 Å². The lowest BCUT2D eigenvalue weighted by Gasteiger charge is -2.40. The van der Waals surface area contributed by atoms with Gasteiger partial charge < -0.3 is 10.2 Å². The summed E-state index contributed by atoms with van der Waals surface area (Å²) in [5.41, 5.74) is 4.63. The topological polar surface area (TPSA) is 79.3 Å². The van der Waals surface area contributed by atoms with E-state index in [1.165, 1.54) is 30.4 Å². The van der Waals surface area contributed by atoms with E-state index in [2.05, 4.69) is 62.3 Å². The molecule has 1 saturated heterocycles. The molecule has 2 heterocycles. The first-order valence-corrected chi connectivity index (χ1v) is 15.6. The Bertz CT molecular complexity index is 1390. The molecule has 2 aliphatic rings. The number of urea groups is 1. The Hall–Kier alpha value is -3.61. The second-order valence-electron chi connectivity index (χ2n) is 13.8. The normalized spacial score (nSPS) is 17.6. The minimum atomic E-state index is -0.302. The van der Waals surface area contributed by atoms with Crippen LogP contribution in [0.1, 0.15) is 89.5 Å². The lowest BCUT2D eigenvalue weighted by Crippen LogP contribution is -2.47. The minimum absolute atomic E-state index is 0.155. The van der Waals surface area contributed by atoms with Gasteiger partial charge in [0.1, 0.15) is 5.82 Å².